The number of hydrogen-bond donors (Lipinski definition) is 1. The maximum atomic E-state index is 12.2. The Morgan fingerprint density at radius 2 is 1.74 bits per heavy atom. The van der Waals surface area contributed by atoms with E-state index in [9.17, 15) is 26.4 Å². The SMILES string of the molecule is CC(C(=O)O)S(=O)(=O)N1CCN(CC(F)(F)F)CC1. The predicted molar refractivity (Wildman–Crippen MR) is 60.1 cm³/mol. The number of carboxylic acid groups (broad SMARTS) is 1. The monoisotopic (exact) mass is 304 g/mol. The number of rotatable bonds is 4. The molecule has 0 spiro atoms. The highest BCUT2D eigenvalue weighted by Gasteiger charge is 2.38. The van der Waals surface area contributed by atoms with Gasteiger partial charge in [0, 0.05) is 26.2 Å². The summed E-state index contributed by atoms with van der Waals surface area (Å²) in [6.07, 6.45) is -4.32. The fraction of sp³-hybridized carbons (Fsp3) is 0.889. The minimum atomic E-state index is -4.32. The number of hydrogen-bond acceptors (Lipinski definition) is 4. The first-order chi connectivity index (χ1) is 8.54. The number of alkyl halides is 3. The molecular formula is C9H15F3N2O4S. The lowest BCUT2D eigenvalue weighted by molar-refractivity contribution is -0.148. The van der Waals surface area contributed by atoms with Crippen LogP contribution in [-0.4, -0.2) is 72.8 Å². The van der Waals surface area contributed by atoms with Crippen molar-refractivity contribution in [3.63, 3.8) is 0 Å². The third-order valence-corrected chi connectivity index (χ3v) is 5.07. The van der Waals surface area contributed by atoms with E-state index in [1.165, 1.54) is 0 Å². The zero-order valence-corrected chi connectivity index (χ0v) is 11.0. The Morgan fingerprint density at radius 3 is 2.11 bits per heavy atom. The maximum absolute atomic E-state index is 12.2. The Bertz CT molecular complexity index is 429. The molecule has 1 atom stereocenters. The van der Waals surface area contributed by atoms with Crippen LogP contribution in [-0.2, 0) is 14.8 Å². The zero-order chi connectivity index (χ0) is 14.8. The molecule has 6 nitrogen and oxygen atoms in total. The molecule has 1 N–H and O–H groups in total. The van der Waals surface area contributed by atoms with Crippen LogP contribution in [0.25, 0.3) is 0 Å². The van der Waals surface area contributed by atoms with Gasteiger partial charge in [0.25, 0.3) is 0 Å². The van der Waals surface area contributed by atoms with Gasteiger partial charge in [-0.1, -0.05) is 0 Å². The van der Waals surface area contributed by atoms with Crippen LogP contribution in [0.5, 0.6) is 0 Å². The number of carbonyl (C=O) groups is 1. The summed E-state index contributed by atoms with van der Waals surface area (Å²) < 4.78 is 61.0. The molecule has 0 aromatic carbocycles. The Morgan fingerprint density at radius 1 is 1.26 bits per heavy atom. The van der Waals surface area contributed by atoms with E-state index in [1.807, 2.05) is 0 Å². The van der Waals surface area contributed by atoms with Gasteiger partial charge in [0.15, 0.2) is 5.25 Å². The Labute approximate surface area is 108 Å². The first-order valence-corrected chi connectivity index (χ1v) is 7.05. The molecule has 1 fully saturated rings. The van der Waals surface area contributed by atoms with Gasteiger partial charge in [0.2, 0.25) is 10.0 Å². The summed E-state index contributed by atoms with van der Waals surface area (Å²) in [5.41, 5.74) is 0. The molecule has 1 saturated heterocycles. The lowest BCUT2D eigenvalue weighted by Gasteiger charge is -2.34. The van der Waals surface area contributed by atoms with Gasteiger partial charge in [0.05, 0.1) is 6.54 Å². The van der Waals surface area contributed by atoms with Crippen molar-refractivity contribution in [3.05, 3.63) is 0 Å². The van der Waals surface area contributed by atoms with Crippen molar-refractivity contribution in [1.82, 2.24) is 9.21 Å². The van der Waals surface area contributed by atoms with Crippen molar-refractivity contribution < 1.29 is 31.5 Å². The third-order valence-electron chi connectivity index (χ3n) is 2.89. The van der Waals surface area contributed by atoms with Crippen molar-refractivity contribution in [1.29, 1.82) is 0 Å². The molecule has 1 rings (SSSR count). The van der Waals surface area contributed by atoms with E-state index < -0.39 is 34.0 Å². The molecule has 0 amide bonds. The number of sulfonamides is 1. The normalized spacial score (nSPS) is 21.3. The summed E-state index contributed by atoms with van der Waals surface area (Å²) in [5.74, 6) is -1.47. The highest BCUT2D eigenvalue weighted by molar-refractivity contribution is 7.90. The first-order valence-electron chi connectivity index (χ1n) is 5.55. The van der Waals surface area contributed by atoms with Crippen LogP contribution in [0.2, 0.25) is 0 Å². The van der Waals surface area contributed by atoms with Gasteiger partial charge >= 0.3 is 12.1 Å². The second-order valence-electron chi connectivity index (χ2n) is 4.32. The van der Waals surface area contributed by atoms with Crippen molar-refractivity contribution >= 4 is 16.0 Å². The van der Waals surface area contributed by atoms with E-state index in [2.05, 4.69) is 0 Å². The van der Waals surface area contributed by atoms with Crippen LogP contribution in [0, 0.1) is 0 Å². The molecule has 0 saturated carbocycles. The van der Waals surface area contributed by atoms with Crippen molar-refractivity contribution in [2.24, 2.45) is 0 Å². The number of aliphatic carboxylic acids is 1. The largest absolute Gasteiger partial charge is 0.480 e. The summed E-state index contributed by atoms with van der Waals surface area (Å²) in [6.45, 7) is -0.433. The van der Waals surface area contributed by atoms with Crippen LogP contribution in [0.1, 0.15) is 6.92 Å². The fourth-order valence-corrected chi connectivity index (χ4v) is 3.12. The predicted octanol–water partition coefficient (Wildman–Crippen LogP) is -0.0308. The lowest BCUT2D eigenvalue weighted by Crippen LogP contribution is -2.53. The molecule has 10 heteroatoms. The van der Waals surface area contributed by atoms with E-state index in [0.717, 1.165) is 16.1 Å². The summed E-state index contributed by atoms with van der Waals surface area (Å²) in [6, 6.07) is 0. The van der Waals surface area contributed by atoms with Gasteiger partial charge in [-0.25, -0.2) is 8.42 Å². The zero-order valence-electron chi connectivity index (χ0n) is 10.2. The molecule has 0 bridgehead atoms. The van der Waals surface area contributed by atoms with Crippen LogP contribution in [0.3, 0.4) is 0 Å². The Kier molecular flexibility index (Phi) is 4.80. The minimum absolute atomic E-state index is 0.0644. The van der Waals surface area contributed by atoms with Crippen LogP contribution < -0.4 is 0 Å². The second-order valence-corrected chi connectivity index (χ2v) is 6.57. The van der Waals surface area contributed by atoms with Crippen molar-refractivity contribution in [3.8, 4) is 0 Å². The average molecular weight is 304 g/mol. The van der Waals surface area contributed by atoms with E-state index in [4.69, 9.17) is 5.11 Å². The second kappa shape index (κ2) is 5.63. The third kappa shape index (κ3) is 4.32. The number of piperazine rings is 1. The quantitative estimate of drug-likeness (QED) is 0.789. The van der Waals surface area contributed by atoms with Crippen LogP contribution in [0.15, 0.2) is 0 Å². The standard InChI is InChI=1S/C9H15F3N2O4S/c1-7(8(15)16)19(17,18)14-4-2-13(3-5-14)6-9(10,11)12/h7H,2-6H2,1H3,(H,15,16). The molecule has 0 aliphatic carbocycles. The Balaban J connectivity index is 2.61. The van der Waals surface area contributed by atoms with E-state index in [-0.39, 0.29) is 26.2 Å². The highest BCUT2D eigenvalue weighted by Crippen LogP contribution is 2.19. The molecule has 0 aromatic heterocycles. The number of halogens is 3. The summed E-state index contributed by atoms with van der Waals surface area (Å²) in [5, 5.41) is 7.09. The van der Waals surface area contributed by atoms with E-state index in [0.29, 0.717) is 0 Å². The maximum Gasteiger partial charge on any atom is 0.401 e. The first kappa shape index (κ1) is 16.2. The van der Waals surface area contributed by atoms with Crippen LogP contribution in [0.4, 0.5) is 13.2 Å². The fourth-order valence-electron chi connectivity index (χ4n) is 1.75. The molecular weight excluding hydrogens is 289 g/mol. The molecule has 0 radical (unpaired) electrons. The summed E-state index contributed by atoms with van der Waals surface area (Å²) in [4.78, 5) is 11.8. The number of carboxylic acids is 1. The van der Waals surface area contributed by atoms with Gasteiger partial charge in [-0.05, 0) is 6.92 Å². The topological polar surface area (TPSA) is 77.9 Å². The van der Waals surface area contributed by atoms with Gasteiger partial charge in [-0.2, -0.15) is 17.5 Å². The Hall–Kier alpha value is -0.870. The van der Waals surface area contributed by atoms with E-state index in [1.54, 1.807) is 0 Å². The number of nitrogens with zero attached hydrogens (tertiary/aromatic N) is 2. The van der Waals surface area contributed by atoms with Gasteiger partial charge in [-0.3, -0.25) is 9.69 Å². The molecule has 1 unspecified atom stereocenters. The lowest BCUT2D eigenvalue weighted by atomic mass is 10.3. The van der Waals surface area contributed by atoms with Gasteiger partial charge in [0.1, 0.15) is 0 Å². The summed E-state index contributed by atoms with van der Waals surface area (Å²) >= 11 is 0. The molecule has 1 heterocycles. The molecule has 0 aromatic rings. The van der Waals surface area contributed by atoms with Crippen LogP contribution >= 0.6 is 0 Å². The molecule has 1 aliphatic rings. The molecule has 112 valence electrons. The van der Waals surface area contributed by atoms with Gasteiger partial charge < -0.3 is 5.11 Å². The molecule has 1 aliphatic heterocycles. The minimum Gasteiger partial charge on any atom is -0.480 e. The van der Waals surface area contributed by atoms with Crippen molar-refractivity contribution in [2.75, 3.05) is 32.7 Å². The smallest absolute Gasteiger partial charge is 0.401 e. The highest BCUT2D eigenvalue weighted by atomic mass is 32.2. The van der Waals surface area contributed by atoms with Crippen molar-refractivity contribution in [2.45, 2.75) is 18.3 Å². The molecule has 19 heavy (non-hydrogen) atoms. The summed E-state index contributed by atoms with van der Waals surface area (Å²) in [7, 11) is -4.00. The van der Waals surface area contributed by atoms with Gasteiger partial charge in [-0.15, -0.1) is 0 Å². The van der Waals surface area contributed by atoms with E-state index >= 15 is 0 Å². The average Bonchev–Trinajstić information content (AvgIpc) is 2.26.